The molecule has 16 heavy (non-hydrogen) atoms. The molecule has 0 bridgehead atoms. The normalized spacial score (nSPS) is 13.1. The lowest BCUT2D eigenvalue weighted by molar-refractivity contribution is -0.0933. The van der Waals surface area contributed by atoms with Gasteiger partial charge in [-0.1, -0.05) is 12.3 Å². The number of ether oxygens (including phenoxy) is 3. The lowest BCUT2D eigenvalue weighted by atomic mass is 10.5. The van der Waals surface area contributed by atoms with E-state index in [1.54, 1.807) is 7.11 Å². The van der Waals surface area contributed by atoms with E-state index >= 15 is 0 Å². The molecule has 1 atom stereocenters. The molecule has 0 heterocycles. The third-order valence-electron chi connectivity index (χ3n) is 1.57. The molecule has 0 aromatic heterocycles. The van der Waals surface area contributed by atoms with Crippen LogP contribution >= 0.6 is 11.8 Å². The molecule has 0 aromatic rings. The van der Waals surface area contributed by atoms with Gasteiger partial charge in [-0.3, -0.25) is 0 Å². The van der Waals surface area contributed by atoms with Gasteiger partial charge < -0.3 is 14.2 Å². The summed E-state index contributed by atoms with van der Waals surface area (Å²) in [6.45, 7) is 8.17. The van der Waals surface area contributed by atoms with E-state index in [0.29, 0.717) is 17.4 Å². The molecule has 1 unspecified atom stereocenters. The minimum Gasteiger partial charge on any atom is -0.455 e. The number of rotatable bonds is 7. The molecule has 0 amide bonds. The molecule has 0 aliphatic heterocycles. The van der Waals surface area contributed by atoms with Crippen LogP contribution in [-0.4, -0.2) is 38.0 Å². The van der Waals surface area contributed by atoms with E-state index in [4.69, 9.17) is 14.2 Å². The lowest BCUT2D eigenvalue weighted by Gasteiger charge is -2.15. The van der Waals surface area contributed by atoms with Crippen molar-refractivity contribution in [2.24, 2.45) is 4.99 Å². The van der Waals surface area contributed by atoms with Crippen LogP contribution in [0, 0.1) is 0 Å². The summed E-state index contributed by atoms with van der Waals surface area (Å²) >= 11 is 1.45. The summed E-state index contributed by atoms with van der Waals surface area (Å²) in [6, 6.07) is 0. The highest BCUT2D eigenvalue weighted by Gasteiger charge is 2.11. The Morgan fingerprint density at radius 3 is 2.69 bits per heavy atom. The molecular formula is C11H19NO3S. The predicted octanol–water partition coefficient (Wildman–Crippen LogP) is 2.42. The van der Waals surface area contributed by atoms with Gasteiger partial charge in [0, 0.05) is 13.7 Å². The van der Waals surface area contributed by atoms with Gasteiger partial charge in [-0.15, -0.1) is 11.8 Å². The molecule has 0 rings (SSSR count). The van der Waals surface area contributed by atoms with E-state index in [1.165, 1.54) is 11.8 Å². The Morgan fingerprint density at radius 1 is 1.56 bits per heavy atom. The van der Waals surface area contributed by atoms with Crippen molar-refractivity contribution in [2.75, 3.05) is 26.7 Å². The fraction of sp³-hybridized carbons (Fsp3) is 0.636. The molecule has 0 aromatic carbocycles. The zero-order valence-corrected chi connectivity index (χ0v) is 11.1. The molecule has 0 saturated carbocycles. The molecule has 0 saturated heterocycles. The summed E-state index contributed by atoms with van der Waals surface area (Å²) in [4.78, 5) is 4.18. The van der Waals surface area contributed by atoms with Crippen molar-refractivity contribution in [1.29, 1.82) is 0 Å². The zero-order valence-electron chi connectivity index (χ0n) is 10.3. The predicted molar refractivity (Wildman–Crippen MR) is 67.7 cm³/mol. The fourth-order valence-corrected chi connectivity index (χ4v) is 1.44. The summed E-state index contributed by atoms with van der Waals surface area (Å²) in [5.74, 6) is 0.491. The van der Waals surface area contributed by atoms with Gasteiger partial charge in [-0.25, -0.2) is 4.99 Å². The van der Waals surface area contributed by atoms with Gasteiger partial charge in [0.1, 0.15) is 11.8 Å². The SMILES string of the molecule is C=C=C(OC(C)OCC)/C(=N/COC)SC. The summed E-state index contributed by atoms with van der Waals surface area (Å²) in [7, 11) is 1.59. The highest BCUT2D eigenvalue weighted by atomic mass is 32.2. The van der Waals surface area contributed by atoms with Crippen molar-refractivity contribution < 1.29 is 14.2 Å². The average Bonchev–Trinajstić information content (AvgIpc) is 2.28. The number of hydrogen-bond donors (Lipinski definition) is 0. The summed E-state index contributed by atoms with van der Waals surface area (Å²) < 4.78 is 15.6. The van der Waals surface area contributed by atoms with Crippen LogP contribution in [0.25, 0.3) is 0 Å². The molecule has 5 heteroatoms. The fourth-order valence-electron chi connectivity index (χ4n) is 0.955. The minimum atomic E-state index is -0.339. The van der Waals surface area contributed by atoms with Gasteiger partial charge in [0.15, 0.2) is 12.0 Å². The largest absolute Gasteiger partial charge is 0.455 e. The summed E-state index contributed by atoms with van der Waals surface area (Å²) in [5.41, 5.74) is 2.71. The van der Waals surface area contributed by atoms with E-state index < -0.39 is 0 Å². The first-order valence-corrected chi connectivity index (χ1v) is 6.18. The lowest BCUT2D eigenvalue weighted by Crippen LogP contribution is -2.15. The van der Waals surface area contributed by atoms with Crippen LogP contribution in [0.5, 0.6) is 0 Å². The van der Waals surface area contributed by atoms with Crippen LogP contribution in [0.15, 0.2) is 23.1 Å². The molecular weight excluding hydrogens is 226 g/mol. The highest BCUT2D eigenvalue weighted by molar-refractivity contribution is 8.13. The number of thioether (sulfide) groups is 1. The maximum absolute atomic E-state index is 5.50. The van der Waals surface area contributed by atoms with Gasteiger partial charge in [-0.05, 0) is 20.1 Å². The van der Waals surface area contributed by atoms with Crippen LogP contribution in [0.1, 0.15) is 13.8 Å². The first-order valence-electron chi connectivity index (χ1n) is 4.95. The Kier molecular flexibility index (Phi) is 9.04. The second kappa shape index (κ2) is 9.48. The van der Waals surface area contributed by atoms with Crippen LogP contribution < -0.4 is 0 Å². The zero-order chi connectivity index (χ0) is 12.4. The molecule has 0 radical (unpaired) electrons. The summed E-state index contributed by atoms with van der Waals surface area (Å²) in [5, 5.41) is 0.698. The van der Waals surface area contributed by atoms with E-state index in [1.807, 2.05) is 20.1 Å². The number of nitrogens with zero attached hydrogens (tertiary/aromatic N) is 1. The van der Waals surface area contributed by atoms with Gasteiger partial charge in [0.25, 0.3) is 0 Å². The Hall–Kier alpha value is -0.740. The average molecular weight is 245 g/mol. The molecule has 0 N–H and O–H groups in total. The monoisotopic (exact) mass is 245 g/mol. The van der Waals surface area contributed by atoms with Crippen molar-refractivity contribution >= 4 is 16.8 Å². The van der Waals surface area contributed by atoms with Gasteiger partial charge in [-0.2, -0.15) is 0 Å². The Bertz CT molecular complexity index is 272. The third kappa shape index (κ3) is 5.98. The quantitative estimate of drug-likeness (QED) is 0.227. The second-order valence-corrected chi connectivity index (χ2v) is 3.53. The van der Waals surface area contributed by atoms with Crippen LogP contribution in [-0.2, 0) is 14.2 Å². The van der Waals surface area contributed by atoms with E-state index in [9.17, 15) is 0 Å². The first-order chi connectivity index (χ1) is 7.69. The smallest absolute Gasteiger partial charge is 0.197 e. The Morgan fingerprint density at radius 2 is 2.25 bits per heavy atom. The maximum Gasteiger partial charge on any atom is 0.197 e. The molecule has 92 valence electrons. The first kappa shape index (κ1) is 15.3. The summed E-state index contributed by atoms with van der Waals surface area (Å²) in [6.07, 6.45) is 1.56. The molecule has 0 aliphatic carbocycles. The van der Waals surface area contributed by atoms with Crippen molar-refractivity contribution in [3.63, 3.8) is 0 Å². The molecule has 0 fully saturated rings. The van der Waals surface area contributed by atoms with Gasteiger partial charge in [0.2, 0.25) is 0 Å². The van der Waals surface area contributed by atoms with Crippen molar-refractivity contribution in [3.8, 4) is 0 Å². The van der Waals surface area contributed by atoms with E-state index in [0.717, 1.165) is 0 Å². The van der Waals surface area contributed by atoms with Crippen LogP contribution in [0.2, 0.25) is 0 Å². The number of hydrogen-bond acceptors (Lipinski definition) is 5. The number of methoxy groups -OCH3 is 1. The molecule has 0 aliphatic rings. The van der Waals surface area contributed by atoms with E-state index in [2.05, 4.69) is 17.3 Å². The van der Waals surface area contributed by atoms with Crippen LogP contribution in [0.4, 0.5) is 0 Å². The third-order valence-corrected chi connectivity index (χ3v) is 2.27. The minimum absolute atomic E-state index is 0.285. The topological polar surface area (TPSA) is 40.0 Å². The molecule has 0 spiro atoms. The van der Waals surface area contributed by atoms with Crippen molar-refractivity contribution in [3.05, 3.63) is 18.1 Å². The van der Waals surface area contributed by atoms with Crippen molar-refractivity contribution in [1.82, 2.24) is 0 Å². The molecule has 4 nitrogen and oxygen atoms in total. The standard InChI is InChI=1S/C11H19NO3S/c1-6-10(15-9(3)14-7-2)11(16-5)12-8-13-4/h9H,1,7-8H2,2-5H3/b12-11-. The maximum atomic E-state index is 5.50. The Labute approximate surface area is 101 Å². The van der Waals surface area contributed by atoms with Gasteiger partial charge in [0.05, 0.1) is 0 Å². The van der Waals surface area contributed by atoms with Crippen molar-refractivity contribution in [2.45, 2.75) is 20.1 Å². The Balaban J connectivity index is 4.52. The highest BCUT2D eigenvalue weighted by Crippen LogP contribution is 2.13. The second-order valence-electron chi connectivity index (χ2n) is 2.73. The van der Waals surface area contributed by atoms with E-state index in [-0.39, 0.29) is 13.0 Å². The van der Waals surface area contributed by atoms with Gasteiger partial charge >= 0.3 is 0 Å². The number of aliphatic imine (C=N–C) groups is 1. The van der Waals surface area contributed by atoms with Crippen LogP contribution in [0.3, 0.4) is 0 Å².